The smallest absolute Gasteiger partial charge is 0.128 e. The number of isothiocyanates is 1. The minimum atomic E-state index is 0. The number of hydrogen-bond donors (Lipinski definition) is 0. The summed E-state index contributed by atoms with van der Waals surface area (Å²) < 4.78 is 6.01. The summed E-state index contributed by atoms with van der Waals surface area (Å²) in [5, 5.41) is 2.51. The standard InChI is InChI=1S/C19H21NOS.H2O/c1-13(2)17-10-16(21-15-8-6-5-7-9-15)11-18(14(3)4)19(17)20-12-22;/h5-11,13-14H,1-4H3;1H2. The molecule has 0 aliphatic carbocycles. The number of aliphatic imine (C=N–C) groups is 1. The highest BCUT2D eigenvalue weighted by Crippen LogP contribution is 2.39. The molecule has 0 amide bonds. The van der Waals surface area contributed by atoms with Gasteiger partial charge in [-0.05, 0) is 59.4 Å². The Balaban J connectivity index is 0.00000264. The summed E-state index contributed by atoms with van der Waals surface area (Å²) >= 11 is 4.82. The van der Waals surface area contributed by atoms with Gasteiger partial charge in [-0.25, -0.2) is 0 Å². The second kappa shape index (κ2) is 8.59. The van der Waals surface area contributed by atoms with Gasteiger partial charge in [0.2, 0.25) is 0 Å². The van der Waals surface area contributed by atoms with Crippen molar-refractivity contribution in [2.75, 3.05) is 0 Å². The number of benzene rings is 2. The number of rotatable bonds is 5. The molecular formula is C19H23NO2S. The molecule has 4 heteroatoms. The third-order valence-electron chi connectivity index (χ3n) is 3.52. The van der Waals surface area contributed by atoms with Crippen molar-refractivity contribution in [1.29, 1.82) is 0 Å². The second-order valence-corrected chi connectivity index (χ2v) is 6.06. The van der Waals surface area contributed by atoms with E-state index in [2.05, 4.69) is 50.0 Å². The molecule has 0 aliphatic rings. The van der Waals surface area contributed by atoms with Crippen molar-refractivity contribution in [3.8, 4) is 11.5 Å². The highest BCUT2D eigenvalue weighted by Gasteiger charge is 2.16. The molecule has 2 aromatic rings. The Kier molecular flexibility index (Phi) is 7.11. The van der Waals surface area contributed by atoms with Crippen molar-refractivity contribution in [3.05, 3.63) is 53.6 Å². The van der Waals surface area contributed by atoms with Crippen LogP contribution in [0.2, 0.25) is 0 Å². The zero-order chi connectivity index (χ0) is 16.1. The molecule has 3 nitrogen and oxygen atoms in total. The molecule has 0 radical (unpaired) electrons. The lowest BCUT2D eigenvalue weighted by molar-refractivity contribution is 0.480. The third-order valence-corrected chi connectivity index (χ3v) is 3.61. The van der Waals surface area contributed by atoms with Gasteiger partial charge < -0.3 is 10.2 Å². The van der Waals surface area contributed by atoms with Gasteiger partial charge in [0.1, 0.15) is 11.5 Å². The van der Waals surface area contributed by atoms with Crippen LogP contribution in [0.4, 0.5) is 5.69 Å². The molecule has 0 saturated heterocycles. The van der Waals surface area contributed by atoms with E-state index in [0.29, 0.717) is 11.8 Å². The van der Waals surface area contributed by atoms with Gasteiger partial charge in [0.15, 0.2) is 0 Å². The lowest BCUT2D eigenvalue weighted by Gasteiger charge is -2.18. The van der Waals surface area contributed by atoms with Gasteiger partial charge in [0, 0.05) is 0 Å². The molecule has 2 aromatic carbocycles. The maximum Gasteiger partial charge on any atom is 0.128 e. The Morgan fingerprint density at radius 2 is 1.43 bits per heavy atom. The van der Waals surface area contributed by atoms with Crippen LogP contribution in [-0.4, -0.2) is 10.6 Å². The van der Waals surface area contributed by atoms with Crippen LogP contribution < -0.4 is 4.74 Å². The van der Waals surface area contributed by atoms with Crippen LogP contribution in [0.1, 0.15) is 50.7 Å². The Bertz CT molecular complexity index is 661. The molecule has 0 unspecified atom stereocenters. The predicted octanol–water partition coefficient (Wildman–Crippen LogP) is 5.64. The molecule has 0 bridgehead atoms. The van der Waals surface area contributed by atoms with Gasteiger partial charge >= 0.3 is 0 Å². The highest BCUT2D eigenvalue weighted by atomic mass is 32.1. The highest BCUT2D eigenvalue weighted by molar-refractivity contribution is 7.78. The van der Waals surface area contributed by atoms with Crippen LogP contribution in [-0.2, 0) is 0 Å². The number of thiocarbonyl (C=S) groups is 1. The van der Waals surface area contributed by atoms with Gasteiger partial charge in [-0.1, -0.05) is 45.9 Å². The summed E-state index contributed by atoms with van der Waals surface area (Å²) in [6.45, 7) is 8.59. The zero-order valence-corrected chi connectivity index (χ0v) is 14.8. The summed E-state index contributed by atoms with van der Waals surface area (Å²) in [5.41, 5.74) is 3.20. The lowest BCUT2D eigenvalue weighted by atomic mass is 9.92. The minimum absolute atomic E-state index is 0. The van der Waals surface area contributed by atoms with E-state index in [1.807, 2.05) is 30.3 Å². The topological polar surface area (TPSA) is 53.1 Å². The van der Waals surface area contributed by atoms with Crippen LogP contribution in [0.15, 0.2) is 47.5 Å². The minimum Gasteiger partial charge on any atom is -0.457 e. The van der Waals surface area contributed by atoms with Crippen LogP contribution in [0.25, 0.3) is 0 Å². The number of ether oxygens (including phenoxy) is 1. The maximum atomic E-state index is 6.01. The van der Waals surface area contributed by atoms with E-state index in [-0.39, 0.29) is 5.48 Å². The Morgan fingerprint density at radius 1 is 0.913 bits per heavy atom. The van der Waals surface area contributed by atoms with Crippen LogP contribution >= 0.6 is 12.2 Å². The first-order valence-electron chi connectivity index (χ1n) is 7.51. The number of hydrogen-bond acceptors (Lipinski definition) is 3. The molecule has 0 aliphatic heterocycles. The first-order chi connectivity index (χ1) is 10.5. The zero-order valence-electron chi connectivity index (χ0n) is 14.0. The molecule has 0 saturated carbocycles. The van der Waals surface area contributed by atoms with Crippen molar-refractivity contribution in [3.63, 3.8) is 0 Å². The molecule has 0 spiro atoms. The third kappa shape index (κ3) is 4.73. The van der Waals surface area contributed by atoms with Crippen molar-refractivity contribution < 1.29 is 10.2 Å². The summed E-state index contributed by atoms with van der Waals surface area (Å²) in [5.74, 6) is 2.33. The first-order valence-corrected chi connectivity index (χ1v) is 7.92. The number of nitrogens with zero attached hydrogens (tertiary/aromatic N) is 1. The maximum absolute atomic E-state index is 6.01. The molecule has 0 fully saturated rings. The summed E-state index contributed by atoms with van der Waals surface area (Å²) in [6, 6.07) is 13.9. The quantitative estimate of drug-likeness (QED) is 0.527. The monoisotopic (exact) mass is 329 g/mol. The van der Waals surface area contributed by atoms with E-state index in [1.165, 1.54) is 0 Å². The van der Waals surface area contributed by atoms with E-state index in [0.717, 1.165) is 28.3 Å². The van der Waals surface area contributed by atoms with E-state index in [1.54, 1.807) is 0 Å². The lowest BCUT2D eigenvalue weighted by Crippen LogP contribution is -1.97. The fourth-order valence-corrected chi connectivity index (χ4v) is 2.48. The fourth-order valence-electron chi connectivity index (χ4n) is 2.39. The SMILES string of the molecule is CC(C)c1cc(Oc2ccccc2)cc(C(C)C)c1N=C=S.O. The van der Waals surface area contributed by atoms with E-state index < -0.39 is 0 Å². The first kappa shape index (κ1) is 19.0. The molecule has 2 N–H and O–H groups in total. The molecule has 0 aromatic heterocycles. The van der Waals surface area contributed by atoms with E-state index in [9.17, 15) is 0 Å². The summed E-state index contributed by atoms with van der Waals surface area (Å²) in [4.78, 5) is 4.31. The Labute approximate surface area is 143 Å². The molecular weight excluding hydrogens is 306 g/mol. The van der Waals surface area contributed by atoms with E-state index >= 15 is 0 Å². The second-order valence-electron chi connectivity index (χ2n) is 5.88. The van der Waals surface area contributed by atoms with E-state index in [4.69, 9.17) is 17.0 Å². The van der Waals surface area contributed by atoms with Crippen LogP contribution in [0.5, 0.6) is 11.5 Å². The Hall–Kier alpha value is -2.00. The van der Waals surface area contributed by atoms with Crippen molar-refractivity contribution in [2.24, 2.45) is 4.99 Å². The summed E-state index contributed by atoms with van der Waals surface area (Å²) in [7, 11) is 0. The molecule has 23 heavy (non-hydrogen) atoms. The molecule has 0 atom stereocenters. The van der Waals surface area contributed by atoms with Gasteiger partial charge in [-0.3, -0.25) is 0 Å². The largest absolute Gasteiger partial charge is 0.457 e. The van der Waals surface area contributed by atoms with Gasteiger partial charge in [-0.15, -0.1) is 0 Å². The average Bonchev–Trinajstić information content (AvgIpc) is 2.49. The van der Waals surface area contributed by atoms with Crippen molar-refractivity contribution >= 4 is 23.1 Å². The normalized spacial score (nSPS) is 10.2. The van der Waals surface area contributed by atoms with Crippen LogP contribution in [0.3, 0.4) is 0 Å². The average molecular weight is 329 g/mol. The fraction of sp³-hybridized carbons (Fsp3) is 0.316. The van der Waals surface area contributed by atoms with Gasteiger partial charge in [0.25, 0.3) is 0 Å². The molecule has 2 rings (SSSR count). The summed E-state index contributed by atoms with van der Waals surface area (Å²) in [6.07, 6.45) is 0. The van der Waals surface area contributed by atoms with Gasteiger partial charge in [0.05, 0.1) is 10.8 Å². The Morgan fingerprint density at radius 3 is 1.87 bits per heavy atom. The van der Waals surface area contributed by atoms with Crippen LogP contribution in [0, 0.1) is 0 Å². The molecule has 122 valence electrons. The number of para-hydroxylation sites is 1. The molecule has 0 heterocycles. The predicted molar refractivity (Wildman–Crippen MR) is 99.4 cm³/mol. The van der Waals surface area contributed by atoms with Crippen molar-refractivity contribution in [2.45, 2.75) is 39.5 Å². The van der Waals surface area contributed by atoms with Gasteiger partial charge in [-0.2, -0.15) is 4.99 Å². The van der Waals surface area contributed by atoms with Crippen molar-refractivity contribution in [1.82, 2.24) is 0 Å².